The van der Waals surface area contributed by atoms with Crippen LogP contribution in [0.5, 0.6) is 5.75 Å². The van der Waals surface area contributed by atoms with Gasteiger partial charge in [-0.15, -0.1) is 0 Å². The molecule has 8 heteroatoms. The second-order valence-electron chi connectivity index (χ2n) is 3.76. The van der Waals surface area contributed by atoms with E-state index in [1.54, 1.807) is 0 Å². The second-order valence-corrected chi connectivity index (χ2v) is 4.61. The number of benzene rings is 1. The maximum atomic E-state index is 12.7. The molecule has 0 spiro atoms. The minimum Gasteiger partial charge on any atom is -0.486 e. The van der Waals surface area contributed by atoms with Crippen molar-refractivity contribution in [2.45, 2.75) is 18.8 Å². The molecule has 0 heterocycles. The molecule has 0 aliphatic heterocycles. The molecular weight excluding hydrogens is 334 g/mol. The van der Waals surface area contributed by atoms with Crippen LogP contribution in [0, 0.1) is 0 Å². The molecular formula is C11H10BrF4NO2. The number of hydrogen-bond acceptors (Lipinski definition) is 2. The van der Waals surface area contributed by atoms with Crippen LogP contribution in [0.15, 0.2) is 22.7 Å². The Morgan fingerprint density at radius 3 is 2.53 bits per heavy atom. The molecule has 2 N–H and O–H groups in total. The van der Waals surface area contributed by atoms with Gasteiger partial charge in [0, 0.05) is 0 Å². The van der Waals surface area contributed by atoms with Gasteiger partial charge in [-0.25, -0.2) is 8.78 Å². The van der Waals surface area contributed by atoms with Gasteiger partial charge in [0.1, 0.15) is 5.75 Å². The average Bonchev–Trinajstić information content (AvgIpc) is 2.26. The van der Waals surface area contributed by atoms with Crippen molar-refractivity contribution in [3.63, 3.8) is 0 Å². The van der Waals surface area contributed by atoms with Crippen LogP contribution in [-0.4, -0.2) is 24.9 Å². The van der Waals surface area contributed by atoms with Crippen LogP contribution in [0.25, 0.3) is 0 Å². The van der Waals surface area contributed by atoms with Gasteiger partial charge in [-0.2, -0.15) is 8.78 Å². The van der Waals surface area contributed by atoms with E-state index in [1.807, 2.05) is 0 Å². The molecule has 1 amide bonds. The van der Waals surface area contributed by atoms with E-state index in [0.717, 1.165) is 0 Å². The number of amides is 1. The SMILES string of the molecule is NC(=O)Cc1ccc(OCC(F)(F)C(F)F)c(Br)c1. The van der Waals surface area contributed by atoms with Gasteiger partial charge in [0.05, 0.1) is 10.9 Å². The first-order valence-corrected chi connectivity index (χ1v) is 5.87. The summed E-state index contributed by atoms with van der Waals surface area (Å²) in [6.07, 6.45) is -3.81. The molecule has 106 valence electrons. The number of hydrogen-bond donors (Lipinski definition) is 1. The highest BCUT2D eigenvalue weighted by atomic mass is 79.9. The number of rotatable bonds is 6. The van der Waals surface area contributed by atoms with Gasteiger partial charge < -0.3 is 10.5 Å². The zero-order chi connectivity index (χ0) is 14.6. The molecule has 0 saturated heterocycles. The molecule has 0 unspecified atom stereocenters. The number of alkyl halides is 4. The highest BCUT2D eigenvalue weighted by Gasteiger charge is 2.41. The van der Waals surface area contributed by atoms with Crippen LogP contribution < -0.4 is 10.5 Å². The van der Waals surface area contributed by atoms with Gasteiger partial charge in [-0.3, -0.25) is 4.79 Å². The molecule has 0 radical (unpaired) electrons. The summed E-state index contributed by atoms with van der Waals surface area (Å²) in [5.41, 5.74) is 5.54. The summed E-state index contributed by atoms with van der Waals surface area (Å²) in [4.78, 5) is 10.7. The summed E-state index contributed by atoms with van der Waals surface area (Å²) in [6.45, 7) is -1.43. The third-order valence-corrected chi connectivity index (χ3v) is 2.73. The molecule has 0 aliphatic carbocycles. The predicted octanol–water partition coefficient (Wildman–Crippen LogP) is 2.76. The van der Waals surface area contributed by atoms with E-state index < -0.39 is 24.9 Å². The monoisotopic (exact) mass is 343 g/mol. The summed E-state index contributed by atoms with van der Waals surface area (Å²) in [5.74, 6) is -4.79. The van der Waals surface area contributed by atoms with Crippen molar-refractivity contribution in [2.75, 3.05) is 6.61 Å². The van der Waals surface area contributed by atoms with E-state index in [9.17, 15) is 22.4 Å². The van der Waals surface area contributed by atoms with Crippen molar-refractivity contribution in [2.24, 2.45) is 5.73 Å². The Labute approximate surface area is 114 Å². The fourth-order valence-corrected chi connectivity index (χ4v) is 1.75. The van der Waals surface area contributed by atoms with Crippen LogP contribution in [0.3, 0.4) is 0 Å². The largest absolute Gasteiger partial charge is 0.486 e. The van der Waals surface area contributed by atoms with E-state index in [0.29, 0.717) is 5.56 Å². The van der Waals surface area contributed by atoms with E-state index in [4.69, 9.17) is 5.73 Å². The van der Waals surface area contributed by atoms with Gasteiger partial charge >= 0.3 is 12.3 Å². The second kappa shape index (κ2) is 6.23. The Morgan fingerprint density at radius 2 is 2.05 bits per heavy atom. The van der Waals surface area contributed by atoms with Crippen LogP contribution in [0.2, 0.25) is 0 Å². The lowest BCUT2D eigenvalue weighted by Crippen LogP contribution is -2.33. The maximum absolute atomic E-state index is 12.7. The number of carbonyl (C=O) groups is 1. The van der Waals surface area contributed by atoms with Crippen molar-refractivity contribution in [1.82, 2.24) is 0 Å². The summed E-state index contributed by atoms with van der Waals surface area (Å²) in [7, 11) is 0. The molecule has 0 aromatic heterocycles. The molecule has 0 atom stereocenters. The van der Waals surface area contributed by atoms with Gasteiger partial charge in [-0.05, 0) is 33.6 Å². The number of primary amides is 1. The molecule has 0 aliphatic rings. The van der Waals surface area contributed by atoms with Crippen molar-refractivity contribution < 1.29 is 27.1 Å². The minimum absolute atomic E-state index is 0.0199. The number of halogens is 5. The molecule has 0 bridgehead atoms. The molecule has 1 aromatic carbocycles. The molecule has 1 rings (SSSR count). The van der Waals surface area contributed by atoms with E-state index in [2.05, 4.69) is 20.7 Å². The number of nitrogens with two attached hydrogens (primary N) is 1. The quantitative estimate of drug-likeness (QED) is 0.807. The van der Waals surface area contributed by atoms with Crippen molar-refractivity contribution >= 4 is 21.8 Å². The lowest BCUT2D eigenvalue weighted by atomic mass is 10.1. The first kappa shape index (κ1) is 15.7. The maximum Gasteiger partial charge on any atom is 0.340 e. The van der Waals surface area contributed by atoms with Crippen LogP contribution in [0.4, 0.5) is 17.6 Å². The molecule has 0 saturated carbocycles. The highest BCUT2D eigenvalue weighted by Crippen LogP contribution is 2.29. The normalized spacial score (nSPS) is 11.7. The fourth-order valence-electron chi connectivity index (χ4n) is 1.21. The first-order valence-electron chi connectivity index (χ1n) is 5.08. The van der Waals surface area contributed by atoms with E-state index in [-0.39, 0.29) is 16.6 Å². The summed E-state index contributed by atoms with van der Waals surface area (Å²) in [6, 6.07) is 4.18. The summed E-state index contributed by atoms with van der Waals surface area (Å²) < 4.78 is 54.1. The van der Waals surface area contributed by atoms with Crippen molar-refractivity contribution in [3.05, 3.63) is 28.2 Å². The topological polar surface area (TPSA) is 52.3 Å². The van der Waals surface area contributed by atoms with Gasteiger partial charge in [-0.1, -0.05) is 6.07 Å². The Bertz CT molecular complexity index is 468. The smallest absolute Gasteiger partial charge is 0.340 e. The molecule has 0 fully saturated rings. The van der Waals surface area contributed by atoms with E-state index >= 15 is 0 Å². The Morgan fingerprint density at radius 1 is 1.42 bits per heavy atom. The highest BCUT2D eigenvalue weighted by molar-refractivity contribution is 9.10. The van der Waals surface area contributed by atoms with Gasteiger partial charge in [0.2, 0.25) is 5.91 Å². The zero-order valence-electron chi connectivity index (χ0n) is 9.51. The van der Waals surface area contributed by atoms with E-state index in [1.165, 1.54) is 18.2 Å². The van der Waals surface area contributed by atoms with Crippen molar-refractivity contribution in [3.8, 4) is 5.75 Å². The molecule has 19 heavy (non-hydrogen) atoms. The zero-order valence-corrected chi connectivity index (χ0v) is 11.1. The van der Waals surface area contributed by atoms with Crippen molar-refractivity contribution in [1.29, 1.82) is 0 Å². The number of carbonyl (C=O) groups excluding carboxylic acids is 1. The van der Waals surface area contributed by atoms with Crippen LogP contribution in [-0.2, 0) is 11.2 Å². The Hall–Kier alpha value is -1.31. The molecule has 3 nitrogen and oxygen atoms in total. The van der Waals surface area contributed by atoms with Crippen LogP contribution >= 0.6 is 15.9 Å². The molecule has 1 aromatic rings. The third-order valence-electron chi connectivity index (χ3n) is 2.11. The summed E-state index contributed by atoms with van der Waals surface area (Å²) >= 11 is 3.03. The van der Waals surface area contributed by atoms with Crippen LogP contribution in [0.1, 0.15) is 5.56 Å². The number of ether oxygens (including phenoxy) is 1. The first-order chi connectivity index (χ1) is 8.72. The Kier molecular flexibility index (Phi) is 5.16. The van der Waals surface area contributed by atoms with Gasteiger partial charge in [0.25, 0.3) is 0 Å². The standard InChI is InChI=1S/C11H10BrF4NO2/c12-7-3-6(4-9(17)18)1-2-8(7)19-5-11(15,16)10(13)14/h1-3,10H,4-5H2,(H2,17,18). The third kappa shape index (κ3) is 4.70. The lowest BCUT2D eigenvalue weighted by molar-refractivity contribution is -0.148. The Balaban J connectivity index is 2.73. The minimum atomic E-state index is -4.22. The average molecular weight is 344 g/mol. The summed E-state index contributed by atoms with van der Waals surface area (Å²) in [5, 5.41) is 0. The fraction of sp³-hybridized carbons (Fsp3) is 0.364. The predicted molar refractivity (Wildman–Crippen MR) is 63.5 cm³/mol. The lowest BCUT2D eigenvalue weighted by Gasteiger charge is -2.16. The van der Waals surface area contributed by atoms with Gasteiger partial charge in [0.15, 0.2) is 6.61 Å².